The molecule has 0 bridgehead atoms. The van der Waals surface area contributed by atoms with Gasteiger partial charge in [0.25, 0.3) is 0 Å². The number of nitrogens with zero attached hydrogens (tertiary/aromatic N) is 1. The van der Waals surface area contributed by atoms with Crippen molar-refractivity contribution in [3.63, 3.8) is 0 Å². The Hall–Kier alpha value is -2.13. The van der Waals surface area contributed by atoms with Gasteiger partial charge in [0.2, 0.25) is 10.0 Å². The summed E-state index contributed by atoms with van der Waals surface area (Å²) in [5, 5.41) is 0. The molecule has 1 N–H and O–H groups in total. The van der Waals surface area contributed by atoms with Crippen LogP contribution in [0.15, 0.2) is 53.4 Å². The topological polar surface area (TPSA) is 77.1 Å². The summed E-state index contributed by atoms with van der Waals surface area (Å²) in [6.45, 7) is 3.49. The van der Waals surface area contributed by atoms with Crippen LogP contribution in [0.25, 0.3) is 0 Å². The first-order chi connectivity index (χ1) is 14.0. The maximum atomic E-state index is 12.6. The lowest BCUT2D eigenvalue weighted by molar-refractivity contribution is -0.0300. The molecule has 0 spiro atoms. The van der Waals surface area contributed by atoms with Gasteiger partial charge in [-0.05, 0) is 30.7 Å². The van der Waals surface area contributed by atoms with Crippen LogP contribution in [-0.2, 0) is 14.8 Å². The highest BCUT2D eigenvalue weighted by atomic mass is 32.2. The summed E-state index contributed by atoms with van der Waals surface area (Å²) < 4.78 is 44.1. The van der Waals surface area contributed by atoms with Crippen LogP contribution in [0.2, 0.25) is 0 Å². The third kappa shape index (κ3) is 5.70. The van der Waals surface area contributed by atoms with E-state index in [1.165, 1.54) is 25.8 Å². The number of hydrogen-bond donors (Lipinski definition) is 1. The Kier molecular flexibility index (Phi) is 7.49. The van der Waals surface area contributed by atoms with Crippen LogP contribution in [0.5, 0.6) is 11.5 Å². The minimum absolute atomic E-state index is 0.0604. The Balaban J connectivity index is 1.51. The predicted molar refractivity (Wildman–Crippen MR) is 111 cm³/mol. The zero-order chi connectivity index (χ0) is 20.7. The second-order valence-corrected chi connectivity index (χ2v) is 8.57. The SMILES string of the molecule is COc1ccc(S(=O)(=O)NCCCN2CCOC(c3ccccc3)C2)c(OC)c1. The lowest BCUT2D eigenvalue weighted by atomic mass is 10.1. The molecule has 7 nitrogen and oxygen atoms in total. The largest absolute Gasteiger partial charge is 0.497 e. The van der Waals surface area contributed by atoms with Crippen molar-refractivity contribution in [1.82, 2.24) is 9.62 Å². The maximum absolute atomic E-state index is 12.6. The van der Waals surface area contributed by atoms with Crippen molar-refractivity contribution < 1.29 is 22.6 Å². The molecule has 29 heavy (non-hydrogen) atoms. The molecule has 0 aromatic heterocycles. The summed E-state index contributed by atoms with van der Waals surface area (Å²) in [7, 11) is -0.696. The first-order valence-corrected chi connectivity index (χ1v) is 11.1. The zero-order valence-corrected chi connectivity index (χ0v) is 17.7. The normalized spacial score (nSPS) is 17.8. The van der Waals surface area contributed by atoms with Gasteiger partial charge in [-0.15, -0.1) is 0 Å². The van der Waals surface area contributed by atoms with E-state index in [4.69, 9.17) is 14.2 Å². The van der Waals surface area contributed by atoms with Gasteiger partial charge < -0.3 is 14.2 Å². The Labute approximate surface area is 172 Å². The minimum Gasteiger partial charge on any atom is -0.497 e. The van der Waals surface area contributed by atoms with Gasteiger partial charge in [0, 0.05) is 25.7 Å². The van der Waals surface area contributed by atoms with Gasteiger partial charge in [0.1, 0.15) is 16.4 Å². The first kappa shape index (κ1) is 21.6. The van der Waals surface area contributed by atoms with Crippen LogP contribution in [-0.4, -0.2) is 60.3 Å². The van der Waals surface area contributed by atoms with E-state index in [1.807, 2.05) is 18.2 Å². The average molecular weight is 421 g/mol. The number of ether oxygens (including phenoxy) is 3. The van der Waals surface area contributed by atoms with E-state index < -0.39 is 10.0 Å². The molecule has 158 valence electrons. The van der Waals surface area contributed by atoms with Gasteiger partial charge in [-0.3, -0.25) is 4.90 Å². The standard InChI is InChI=1S/C21H28N2O5S/c1-26-18-9-10-21(19(15-18)27-2)29(24,25)22-11-6-12-23-13-14-28-20(16-23)17-7-4-3-5-8-17/h3-5,7-10,15,20,22H,6,11-14,16H2,1-2H3. The van der Waals surface area contributed by atoms with E-state index in [9.17, 15) is 8.42 Å². The first-order valence-electron chi connectivity index (χ1n) is 9.64. The third-order valence-corrected chi connectivity index (χ3v) is 6.43. The Bertz CT molecular complexity index is 889. The van der Waals surface area contributed by atoms with Crippen LogP contribution < -0.4 is 14.2 Å². The summed E-state index contributed by atoms with van der Waals surface area (Å²) >= 11 is 0. The zero-order valence-electron chi connectivity index (χ0n) is 16.8. The van der Waals surface area contributed by atoms with Gasteiger partial charge in [0.15, 0.2) is 0 Å². The molecule has 1 fully saturated rings. The quantitative estimate of drug-likeness (QED) is 0.628. The summed E-state index contributed by atoms with van der Waals surface area (Å²) in [4.78, 5) is 2.42. The Morgan fingerprint density at radius 2 is 1.93 bits per heavy atom. The lowest BCUT2D eigenvalue weighted by Crippen LogP contribution is -2.39. The molecule has 1 saturated heterocycles. The van der Waals surface area contributed by atoms with Crippen LogP contribution in [0.1, 0.15) is 18.1 Å². The van der Waals surface area contributed by atoms with E-state index in [2.05, 4.69) is 21.8 Å². The van der Waals surface area contributed by atoms with Crippen LogP contribution in [0.4, 0.5) is 0 Å². The van der Waals surface area contributed by atoms with Crippen LogP contribution in [0.3, 0.4) is 0 Å². The summed E-state index contributed by atoms with van der Waals surface area (Å²) in [5.74, 6) is 0.803. The Morgan fingerprint density at radius 3 is 2.66 bits per heavy atom. The van der Waals surface area contributed by atoms with Crippen LogP contribution >= 0.6 is 0 Å². The molecule has 2 aromatic rings. The molecule has 1 aliphatic heterocycles. The smallest absolute Gasteiger partial charge is 0.244 e. The minimum atomic E-state index is -3.66. The van der Waals surface area contributed by atoms with Crippen molar-refractivity contribution in [2.24, 2.45) is 0 Å². The van der Waals surface area contributed by atoms with E-state index in [0.717, 1.165) is 19.6 Å². The van der Waals surface area contributed by atoms with E-state index in [0.29, 0.717) is 25.3 Å². The number of benzene rings is 2. The number of nitrogens with one attached hydrogen (secondary N) is 1. The van der Waals surface area contributed by atoms with Crippen molar-refractivity contribution in [2.45, 2.75) is 17.4 Å². The molecule has 3 rings (SSSR count). The highest BCUT2D eigenvalue weighted by molar-refractivity contribution is 7.89. The molecule has 0 radical (unpaired) electrons. The second kappa shape index (κ2) is 10.1. The molecule has 0 saturated carbocycles. The average Bonchev–Trinajstić information content (AvgIpc) is 2.77. The molecular formula is C21H28N2O5S. The molecular weight excluding hydrogens is 392 g/mol. The van der Waals surface area contributed by atoms with Crippen molar-refractivity contribution in [3.05, 3.63) is 54.1 Å². The second-order valence-electron chi connectivity index (χ2n) is 6.84. The van der Waals surface area contributed by atoms with Gasteiger partial charge >= 0.3 is 0 Å². The predicted octanol–water partition coefficient (Wildman–Crippen LogP) is 2.45. The Morgan fingerprint density at radius 1 is 1.14 bits per heavy atom. The number of morpholine rings is 1. The number of sulfonamides is 1. The van der Waals surface area contributed by atoms with Gasteiger partial charge in [0.05, 0.1) is 26.9 Å². The molecule has 2 aromatic carbocycles. The molecule has 0 aliphatic carbocycles. The molecule has 1 aliphatic rings. The molecule has 8 heteroatoms. The summed E-state index contributed by atoms with van der Waals surface area (Å²) in [6.07, 6.45) is 0.768. The fraction of sp³-hybridized carbons (Fsp3) is 0.429. The van der Waals surface area contributed by atoms with E-state index in [-0.39, 0.29) is 16.7 Å². The molecule has 1 heterocycles. The van der Waals surface area contributed by atoms with Gasteiger partial charge in [-0.2, -0.15) is 0 Å². The van der Waals surface area contributed by atoms with Gasteiger partial charge in [-0.1, -0.05) is 30.3 Å². The van der Waals surface area contributed by atoms with Gasteiger partial charge in [-0.25, -0.2) is 13.1 Å². The third-order valence-electron chi connectivity index (χ3n) is 4.93. The van der Waals surface area contributed by atoms with Crippen molar-refractivity contribution >= 4 is 10.0 Å². The van der Waals surface area contributed by atoms with Crippen molar-refractivity contribution in [2.75, 3.05) is 47.0 Å². The highest BCUT2D eigenvalue weighted by Gasteiger charge is 2.22. The van der Waals surface area contributed by atoms with E-state index in [1.54, 1.807) is 12.1 Å². The number of methoxy groups -OCH3 is 2. The van der Waals surface area contributed by atoms with Crippen molar-refractivity contribution in [1.29, 1.82) is 0 Å². The molecule has 1 unspecified atom stereocenters. The lowest BCUT2D eigenvalue weighted by Gasteiger charge is -2.33. The van der Waals surface area contributed by atoms with Crippen LogP contribution in [0, 0.1) is 0 Å². The summed E-state index contributed by atoms with van der Waals surface area (Å²) in [6, 6.07) is 14.8. The fourth-order valence-electron chi connectivity index (χ4n) is 3.36. The van der Waals surface area contributed by atoms with E-state index >= 15 is 0 Å². The fourth-order valence-corrected chi connectivity index (χ4v) is 4.58. The number of hydrogen-bond acceptors (Lipinski definition) is 6. The summed E-state index contributed by atoms with van der Waals surface area (Å²) in [5.41, 5.74) is 1.17. The molecule has 1 atom stereocenters. The molecule has 0 amide bonds. The monoisotopic (exact) mass is 420 g/mol. The number of rotatable bonds is 9. The van der Waals surface area contributed by atoms with Crippen molar-refractivity contribution in [3.8, 4) is 11.5 Å². The highest BCUT2D eigenvalue weighted by Crippen LogP contribution is 2.28. The maximum Gasteiger partial charge on any atom is 0.244 e.